The van der Waals surface area contributed by atoms with Crippen LogP contribution in [0.4, 0.5) is 35.3 Å². The molecule has 1 saturated heterocycles. The van der Waals surface area contributed by atoms with Crippen molar-refractivity contribution < 1.29 is 22.7 Å². The maximum Gasteiger partial charge on any atom is 0.573 e. The number of anilines is 3. The molecule has 11 heteroatoms. The molecule has 0 unspecified atom stereocenters. The van der Waals surface area contributed by atoms with Crippen molar-refractivity contribution in [3.63, 3.8) is 0 Å². The number of pyridine rings is 1. The quantitative estimate of drug-likeness (QED) is 0.661. The molecule has 5 rings (SSSR count). The van der Waals surface area contributed by atoms with Crippen LogP contribution in [0.15, 0.2) is 48.7 Å². The number of nitrogens with one attached hydrogen (secondary N) is 1. The highest BCUT2D eigenvalue weighted by Gasteiger charge is 2.40. The molecule has 0 spiro atoms. The molecule has 32 heavy (non-hydrogen) atoms. The summed E-state index contributed by atoms with van der Waals surface area (Å²) in [5.74, 6) is 0.558. The average Bonchev–Trinajstić information content (AvgIpc) is 3.33. The van der Waals surface area contributed by atoms with Gasteiger partial charge >= 0.3 is 12.4 Å². The van der Waals surface area contributed by atoms with E-state index >= 15 is 0 Å². The molecule has 2 amide bonds. The highest BCUT2D eigenvalue weighted by Crippen LogP contribution is 2.40. The summed E-state index contributed by atoms with van der Waals surface area (Å²) in [5, 5.41) is 6.99. The second-order valence-electron chi connectivity index (χ2n) is 7.68. The molecule has 8 nitrogen and oxygen atoms in total. The third kappa shape index (κ3) is 3.81. The maximum absolute atomic E-state index is 13.1. The van der Waals surface area contributed by atoms with Gasteiger partial charge in [-0.3, -0.25) is 14.9 Å². The lowest BCUT2D eigenvalue weighted by atomic mass is 10.1. The van der Waals surface area contributed by atoms with Gasteiger partial charge in [-0.15, -0.1) is 13.2 Å². The standard InChI is InChI=1S/C21H19F3N6O2/c1-28-9-8-18(27-28)26-20(31)30-14-7-10-29(12-14)17-6-5-16(25-19(17)30)13-3-2-4-15(11-13)32-21(22,23)24/h2-6,8-9,11,14H,7,10,12H2,1H3,(H,26,27,31)/t14-/m0/s1. The van der Waals surface area contributed by atoms with Crippen molar-refractivity contribution in [2.24, 2.45) is 7.05 Å². The van der Waals surface area contributed by atoms with Crippen LogP contribution in [0.1, 0.15) is 6.42 Å². The Bertz CT molecular complexity index is 1180. The Kier molecular flexibility index (Phi) is 4.68. The van der Waals surface area contributed by atoms with Gasteiger partial charge in [-0.25, -0.2) is 9.78 Å². The molecule has 0 saturated carbocycles. The van der Waals surface area contributed by atoms with E-state index < -0.39 is 6.36 Å². The molecule has 166 valence electrons. The number of urea groups is 1. The zero-order valence-electron chi connectivity index (χ0n) is 17.0. The van der Waals surface area contributed by atoms with Gasteiger partial charge < -0.3 is 9.64 Å². The molecule has 3 aromatic rings. The van der Waals surface area contributed by atoms with Crippen LogP contribution in [0.5, 0.6) is 5.75 Å². The number of ether oxygens (including phenoxy) is 1. The molecule has 4 heterocycles. The van der Waals surface area contributed by atoms with Crippen LogP contribution >= 0.6 is 0 Å². The first-order chi connectivity index (χ1) is 15.3. The van der Waals surface area contributed by atoms with E-state index in [2.05, 4.69) is 25.0 Å². The fraction of sp³-hybridized carbons (Fsp3) is 0.286. The Balaban J connectivity index is 1.50. The molecule has 0 radical (unpaired) electrons. The van der Waals surface area contributed by atoms with Gasteiger partial charge in [-0.2, -0.15) is 5.10 Å². The Labute approximate surface area is 181 Å². The summed E-state index contributed by atoms with van der Waals surface area (Å²) < 4.78 is 43.5. The largest absolute Gasteiger partial charge is 0.573 e. The number of alkyl halides is 3. The van der Waals surface area contributed by atoms with E-state index in [0.29, 0.717) is 29.4 Å². The van der Waals surface area contributed by atoms with Gasteiger partial charge in [0.15, 0.2) is 11.6 Å². The van der Waals surface area contributed by atoms with E-state index in [4.69, 9.17) is 0 Å². The van der Waals surface area contributed by atoms with Crippen LogP contribution in [0, 0.1) is 0 Å². The van der Waals surface area contributed by atoms with E-state index in [9.17, 15) is 18.0 Å². The Morgan fingerprint density at radius 1 is 1.22 bits per heavy atom. The molecule has 1 atom stereocenters. The van der Waals surface area contributed by atoms with Gasteiger partial charge in [-0.05, 0) is 30.7 Å². The van der Waals surface area contributed by atoms with Crippen molar-refractivity contribution in [1.82, 2.24) is 14.8 Å². The van der Waals surface area contributed by atoms with Crippen molar-refractivity contribution in [3.8, 4) is 17.0 Å². The summed E-state index contributed by atoms with van der Waals surface area (Å²) in [4.78, 5) is 21.6. The smallest absolute Gasteiger partial charge is 0.406 e. The number of fused-ring (bicyclic) bond motifs is 4. The number of rotatable bonds is 3. The van der Waals surface area contributed by atoms with E-state index in [1.54, 1.807) is 41.0 Å². The summed E-state index contributed by atoms with van der Waals surface area (Å²) in [7, 11) is 1.76. The Morgan fingerprint density at radius 2 is 2.06 bits per heavy atom. The van der Waals surface area contributed by atoms with Crippen molar-refractivity contribution in [3.05, 3.63) is 48.7 Å². The lowest BCUT2D eigenvalue weighted by Crippen LogP contribution is -2.48. The summed E-state index contributed by atoms with van der Waals surface area (Å²) in [5.41, 5.74) is 1.70. The number of hydrogen-bond donors (Lipinski definition) is 1. The minimum atomic E-state index is -4.78. The SMILES string of the molecule is Cn1ccc(NC(=O)N2c3nc(-c4cccc(OC(F)(F)F)c4)ccc3N3CC[C@H]2C3)n1. The topological polar surface area (TPSA) is 75.5 Å². The number of nitrogens with zero attached hydrogens (tertiary/aromatic N) is 5. The summed E-state index contributed by atoms with van der Waals surface area (Å²) in [6.45, 7) is 1.49. The first kappa shape index (κ1) is 20.2. The minimum absolute atomic E-state index is 0.0612. The van der Waals surface area contributed by atoms with Gasteiger partial charge in [0.2, 0.25) is 0 Å². The van der Waals surface area contributed by atoms with Gasteiger partial charge in [0.25, 0.3) is 0 Å². The second-order valence-corrected chi connectivity index (χ2v) is 7.68. The predicted octanol–water partition coefficient (Wildman–Crippen LogP) is 4.01. The van der Waals surface area contributed by atoms with Crippen molar-refractivity contribution in [2.75, 3.05) is 28.2 Å². The molecule has 2 aliphatic heterocycles. The molecule has 1 aromatic carbocycles. The molecule has 1 fully saturated rings. The number of benzene rings is 1. The highest BCUT2D eigenvalue weighted by atomic mass is 19.4. The average molecular weight is 444 g/mol. The minimum Gasteiger partial charge on any atom is -0.406 e. The number of amides is 2. The van der Waals surface area contributed by atoms with E-state index in [-0.39, 0.29) is 17.8 Å². The van der Waals surface area contributed by atoms with Gasteiger partial charge in [-0.1, -0.05) is 12.1 Å². The molecule has 0 aliphatic carbocycles. The molecular weight excluding hydrogens is 425 g/mol. The lowest BCUT2D eigenvalue weighted by molar-refractivity contribution is -0.274. The first-order valence-electron chi connectivity index (χ1n) is 9.99. The maximum atomic E-state index is 13.1. The zero-order chi connectivity index (χ0) is 22.5. The van der Waals surface area contributed by atoms with Crippen LogP contribution in [0.25, 0.3) is 11.3 Å². The molecule has 2 bridgehead atoms. The van der Waals surface area contributed by atoms with Crippen LogP contribution in [0.3, 0.4) is 0 Å². The van der Waals surface area contributed by atoms with Crippen molar-refractivity contribution in [1.29, 1.82) is 0 Å². The zero-order valence-corrected chi connectivity index (χ0v) is 17.0. The first-order valence-corrected chi connectivity index (χ1v) is 9.99. The third-order valence-electron chi connectivity index (χ3n) is 5.48. The molecule has 2 aliphatic rings. The number of halogens is 3. The van der Waals surface area contributed by atoms with Crippen LogP contribution in [0.2, 0.25) is 0 Å². The van der Waals surface area contributed by atoms with Crippen molar-refractivity contribution in [2.45, 2.75) is 18.8 Å². The lowest BCUT2D eigenvalue weighted by Gasteiger charge is -2.35. The Hall–Kier alpha value is -3.76. The second kappa shape index (κ2) is 7.43. The summed E-state index contributed by atoms with van der Waals surface area (Å²) >= 11 is 0. The monoisotopic (exact) mass is 444 g/mol. The summed E-state index contributed by atoms with van der Waals surface area (Å²) in [6.07, 6.45) is -2.27. The third-order valence-corrected chi connectivity index (χ3v) is 5.48. The van der Waals surface area contributed by atoms with Gasteiger partial charge in [0.1, 0.15) is 5.75 Å². The molecular formula is C21H19F3N6O2. The number of aromatic nitrogens is 3. The normalized spacial score (nSPS) is 17.3. The Morgan fingerprint density at radius 3 is 2.81 bits per heavy atom. The predicted molar refractivity (Wildman–Crippen MR) is 112 cm³/mol. The molecule has 1 N–H and O–H groups in total. The highest BCUT2D eigenvalue weighted by molar-refractivity contribution is 6.04. The van der Waals surface area contributed by atoms with Crippen LogP contribution in [-0.4, -0.2) is 46.3 Å². The fourth-order valence-corrected chi connectivity index (χ4v) is 4.14. The number of hydrogen-bond acceptors (Lipinski definition) is 5. The van der Waals surface area contributed by atoms with E-state index in [0.717, 1.165) is 18.7 Å². The molecule has 2 aromatic heterocycles. The van der Waals surface area contributed by atoms with Gasteiger partial charge in [0.05, 0.1) is 17.4 Å². The van der Waals surface area contributed by atoms with Crippen LogP contribution in [-0.2, 0) is 7.05 Å². The number of carbonyl (C=O) groups excluding carboxylic acids is 1. The number of carbonyl (C=O) groups is 1. The fourth-order valence-electron chi connectivity index (χ4n) is 4.14. The van der Waals surface area contributed by atoms with E-state index in [1.807, 2.05) is 6.07 Å². The number of aryl methyl sites for hydroxylation is 1. The summed E-state index contributed by atoms with van der Waals surface area (Å²) in [6, 6.07) is 10.5. The van der Waals surface area contributed by atoms with Gasteiger partial charge in [0, 0.05) is 38.0 Å². The van der Waals surface area contributed by atoms with Crippen LogP contribution < -0.4 is 19.9 Å². The van der Waals surface area contributed by atoms with Crippen molar-refractivity contribution >= 4 is 23.4 Å². The van der Waals surface area contributed by atoms with E-state index in [1.165, 1.54) is 18.2 Å².